The van der Waals surface area contributed by atoms with Gasteiger partial charge in [0.05, 0.1) is 5.69 Å². The van der Waals surface area contributed by atoms with Crippen LogP contribution in [0.15, 0.2) is 47.6 Å². The van der Waals surface area contributed by atoms with E-state index in [1.165, 1.54) is 11.1 Å². The second-order valence-electron chi connectivity index (χ2n) is 8.07. The first-order valence-electron chi connectivity index (χ1n) is 8.25. The van der Waals surface area contributed by atoms with Crippen molar-refractivity contribution in [1.82, 2.24) is 4.98 Å². The number of hydrogen-bond donors (Lipinski definition) is 0. The van der Waals surface area contributed by atoms with Gasteiger partial charge in [-0.25, -0.2) is 0 Å². The molecule has 0 amide bonds. The number of hydrogen-bond acceptors (Lipinski definition) is 2. The van der Waals surface area contributed by atoms with E-state index in [1.54, 1.807) is 0 Å². The molecule has 0 saturated heterocycles. The van der Waals surface area contributed by atoms with E-state index in [9.17, 15) is 0 Å². The first kappa shape index (κ1) is 20.6. The zero-order chi connectivity index (χ0) is 17.1. The third kappa shape index (κ3) is 5.56. The first-order chi connectivity index (χ1) is 10.7. The molecule has 0 aliphatic carbocycles. The summed E-state index contributed by atoms with van der Waals surface area (Å²) < 4.78 is 0. The van der Waals surface area contributed by atoms with E-state index in [4.69, 9.17) is 4.99 Å². The van der Waals surface area contributed by atoms with Gasteiger partial charge in [0, 0.05) is 41.0 Å². The van der Waals surface area contributed by atoms with E-state index in [2.05, 4.69) is 64.7 Å². The molecule has 24 heavy (non-hydrogen) atoms. The van der Waals surface area contributed by atoms with Crippen LogP contribution in [0.25, 0.3) is 0 Å². The Balaban J connectivity index is 0.00000288. The molecule has 1 aromatic carbocycles. The van der Waals surface area contributed by atoms with Gasteiger partial charge in [-0.05, 0) is 40.2 Å². The third-order valence-electron chi connectivity index (χ3n) is 3.93. The van der Waals surface area contributed by atoms with Crippen LogP contribution in [0.4, 0.5) is 5.69 Å². The van der Waals surface area contributed by atoms with Crippen LogP contribution in [0.1, 0.15) is 58.4 Å². The van der Waals surface area contributed by atoms with Crippen molar-refractivity contribution in [3.63, 3.8) is 0 Å². The second kappa shape index (κ2) is 8.07. The van der Waals surface area contributed by atoms with Gasteiger partial charge in [-0.1, -0.05) is 59.7 Å². The Bertz CT molecular complexity index is 677. The van der Waals surface area contributed by atoms with Gasteiger partial charge in [0.1, 0.15) is 0 Å². The zero-order valence-electron chi connectivity index (χ0n) is 15.5. The van der Waals surface area contributed by atoms with Gasteiger partial charge in [-0.2, -0.15) is 0 Å². The largest absolute Gasteiger partial charge is 0.261 e. The van der Waals surface area contributed by atoms with Crippen LogP contribution in [0.5, 0.6) is 0 Å². The Hall–Kier alpha value is -1.47. The summed E-state index contributed by atoms with van der Waals surface area (Å²) in [6, 6.07) is 12.7. The molecule has 0 spiro atoms. The Morgan fingerprint density at radius 3 is 2.21 bits per heavy atom. The molecule has 0 aliphatic heterocycles. The maximum Gasteiger partial charge on any atom is 0.0666 e. The summed E-state index contributed by atoms with van der Waals surface area (Å²) in [6.45, 7) is 13.4. The molecule has 0 unspecified atom stereocenters. The fourth-order valence-electron chi connectivity index (χ4n) is 2.50. The van der Waals surface area contributed by atoms with E-state index in [0.717, 1.165) is 17.8 Å². The van der Waals surface area contributed by atoms with Crippen molar-refractivity contribution >= 4 is 11.9 Å². The molecule has 2 nitrogen and oxygen atoms in total. The van der Waals surface area contributed by atoms with E-state index in [-0.39, 0.29) is 27.3 Å². The summed E-state index contributed by atoms with van der Waals surface area (Å²) >= 11 is 0. The number of pyridine rings is 1. The smallest absolute Gasteiger partial charge is 0.0666 e. The maximum absolute atomic E-state index is 4.78. The number of nitrogens with zero attached hydrogens (tertiary/aromatic N) is 2. The minimum absolute atomic E-state index is 0. The van der Waals surface area contributed by atoms with Gasteiger partial charge in [0.2, 0.25) is 0 Å². The summed E-state index contributed by atoms with van der Waals surface area (Å²) in [5.74, 6) is 0. The van der Waals surface area contributed by atoms with Crippen LogP contribution >= 0.6 is 0 Å². The average molecular weight is 367 g/mol. The molecule has 1 heterocycles. The molecule has 0 bridgehead atoms. The molecule has 1 aromatic heterocycles. The standard InChI is InChI=1S/C21H28N2.Ni/c1-20(2,3)16-10-11-18(21(4,5)6)19(15-16)23-14-12-17-9-7-8-13-22-17;/h7-11,13-15H,12H2,1-6H3;. The molecule has 0 radical (unpaired) electrons. The van der Waals surface area contributed by atoms with Crippen molar-refractivity contribution in [1.29, 1.82) is 0 Å². The molecular weight excluding hydrogens is 339 g/mol. The monoisotopic (exact) mass is 366 g/mol. The normalized spacial score (nSPS) is 12.2. The first-order valence-corrected chi connectivity index (χ1v) is 8.25. The minimum atomic E-state index is 0. The minimum Gasteiger partial charge on any atom is -0.261 e. The van der Waals surface area contributed by atoms with Crippen molar-refractivity contribution in [3.05, 3.63) is 59.4 Å². The van der Waals surface area contributed by atoms with Crippen molar-refractivity contribution in [2.75, 3.05) is 0 Å². The van der Waals surface area contributed by atoms with Crippen molar-refractivity contribution in [2.24, 2.45) is 4.99 Å². The SMILES string of the molecule is CC(C)(C)c1ccc(C(C)(C)C)c(N=CCc2ccccn2)c1.[Ni]. The predicted octanol–water partition coefficient (Wildman–Crippen LogP) is 5.62. The van der Waals surface area contributed by atoms with Gasteiger partial charge in [0.15, 0.2) is 0 Å². The summed E-state index contributed by atoms with van der Waals surface area (Å²) in [4.78, 5) is 9.12. The van der Waals surface area contributed by atoms with Crippen molar-refractivity contribution in [3.8, 4) is 0 Å². The topological polar surface area (TPSA) is 25.2 Å². The Kier molecular flexibility index (Phi) is 6.92. The molecule has 2 rings (SSSR count). The third-order valence-corrected chi connectivity index (χ3v) is 3.93. The Morgan fingerprint density at radius 2 is 1.67 bits per heavy atom. The van der Waals surface area contributed by atoms with Gasteiger partial charge in [-0.15, -0.1) is 0 Å². The van der Waals surface area contributed by atoms with Crippen LogP contribution in [-0.4, -0.2) is 11.2 Å². The van der Waals surface area contributed by atoms with E-state index in [0.29, 0.717) is 0 Å². The summed E-state index contributed by atoms with van der Waals surface area (Å²) in [5, 5.41) is 0. The molecule has 0 atom stereocenters. The van der Waals surface area contributed by atoms with E-state index >= 15 is 0 Å². The summed E-state index contributed by atoms with van der Waals surface area (Å²) in [5.41, 5.74) is 4.91. The average Bonchev–Trinajstić information content (AvgIpc) is 2.46. The Morgan fingerprint density at radius 1 is 0.958 bits per heavy atom. The fraction of sp³-hybridized carbons (Fsp3) is 0.429. The molecule has 0 aliphatic rings. The molecule has 0 N–H and O–H groups in total. The molecule has 0 saturated carbocycles. The number of rotatable bonds is 3. The van der Waals surface area contributed by atoms with Crippen molar-refractivity contribution < 1.29 is 16.5 Å². The second-order valence-corrected chi connectivity index (χ2v) is 8.07. The van der Waals surface area contributed by atoms with Crippen LogP contribution in [-0.2, 0) is 33.7 Å². The molecular formula is C21H28N2Ni. The molecule has 0 fully saturated rings. The number of benzene rings is 1. The van der Waals surface area contributed by atoms with E-state index < -0.39 is 0 Å². The summed E-state index contributed by atoms with van der Waals surface area (Å²) in [7, 11) is 0. The van der Waals surface area contributed by atoms with Gasteiger partial charge in [0.25, 0.3) is 0 Å². The van der Waals surface area contributed by atoms with Crippen LogP contribution in [0, 0.1) is 0 Å². The maximum atomic E-state index is 4.78. The van der Waals surface area contributed by atoms with E-state index in [1.807, 2.05) is 30.6 Å². The molecule has 3 heteroatoms. The number of aliphatic imine (C=N–C) groups is 1. The Labute approximate surface area is 156 Å². The van der Waals surface area contributed by atoms with Crippen molar-refractivity contribution in [2.45, 2.75) is 58.8 Å². The van der Waals surface area contributed by atoms with Gasteiger partial charge >= 0.3 is 0 Å². The van der Waals surface area contributed by atoms with Gasteiger partial charge in [-0.3, -0.25) is 9.98 Å². The van der Waals surface area contributed by atoms with Crippen LogP contribution < -0.4 is 0 Å². The summed E-state index contributed by atoms with van der Waals surface area (Å²) in [6.07, 6.45) is 4.55. The predicted molar refractivity (Wildman–Crippen MR) is 99.9 cm³/mol. The van der Waals surface area contributed by atoms with Gasteiger partial charge < -0.3 is 0 Å². The zero-order valence-corrected chi connectivity index (χ0v) is 16.5. The fourth-order valence-corrected chi connectivity index (χ4v) is 2.50. The quantitative estimate of drug-likeness (QED) is 0.511. The molecule has 132 valence electrons. The number of aromatic nitrogens is 1. The van der Waals surface area contributed by atoms with Crippen LogP contribution in [0.3, 0.4) is 0 Å². The van der Waals surface area contributed by atoms with Crippen LogP contribution in [0.2, 0.25) is 0 Å². The molecule has 2 aromatic rings.